The van der Waals surface area contributed by atoms with E-state index < -0.39 is 0 Å². The van der Waals surface area contributed by atoms with Gasteiger partial charge in [0, 0.05) is 18.2 Å². The predicted molar refractivity (Wildman–Crippen MR) is 69.3 cm³/mol. The SMILES string of the molecule is CNCCCC(=O)Nc1cccc(OCC#N)c1. The minimum atomic E-state index is -0.0253. The number of hydrogen-bond donors (Lipinski definition) is 2. The fourth-order valence-electron chi connectivity index (χ4n) is 1.43. The molecule has 1 aromatic rings. The van der Waals surface area contributed by atoms with Gasteiger partial charge in [-0.05, 0) is 32.1 Å². The van der Waals surface area contributed by atoms with Crippen molar-refractivity contribution in [1.82, 2.24) is 5.32 Å². The molecule has 1 amide bonds. The molecule has 0 saturated carbocycles. The number of carbonyl (C=O) groups excluding carboxylic acids is 1. The van der Waals surface area contributed by atoms with Gasteiger partial charge >= 0.3 is 0 Å². The van der Waals surface area contributed by atoms with Crippen molar-refractivity contribution in [2.24, 2.45) is 0 Å². The standard InChI is InChI=1S/C13H17N3O2/c1-15-8-3-6-13(17)16-11-4-2-5-12(10-11)18-9-7-14/h2,4-5,10,15H,3,6,8-9H2,1H3,(H,16,17). The van der Waals surface area contributed by atoms with Crippen LogP contribution >= 0.6 is 0 Å². The molecule has 1 rings (SSSR count). The fourth-order valence-corrected chi connectivity index (χ4v) is 1.43. The molecule has 0 aromatic heterocycles. The first-order valence-corrected chi connectivity index (χ1v) is 5.80. The Morgan fingerprint density at radius 1 is 1.50 bits per heavy atom. The molecule has 0 radical (unpaired) electrons. The molecule has 1 aromatic carbocycles. The number of rotatable bonds is 7. The van der Waals surface area contributed by atoms with Crippen LogP contribution in [0.15, 0.2) is 24.3 Å². The van der Waals surface area contributed by atoms with Crippen molar-refractivity contribution in [2.45, 2.75) is 12.8 Å². The highest BCUT2D eigenvalue weighted by Gasteiger charge is 2.02. The maximum Gasteiger partial charge on any atom is 0.224 e. The van der Waals surface area contributed by atoms with E-state index in [0.717, 1.165) is 13.0 Å². The molecule has 0 aliphatic carbocycles. The Bertz CT molecular complexity index is 426. The molecule has 18 heavy (non-hydrogen) atoms. The second-order valence-corrected chi connectivity index (χ2v) is 3.73. The molecule has 0 spiro atoms. The largest absolute Gasteiger partial charge is 0.479 e. The van der Waals surface area contributed by atoms with Crippen LogP contribution in [0.2, 0.25) is 0 Å². The van der Waals surface area contributed by atoms with E-state index in [4.69, 9.17) is 10.00 Å². The lowest BCUT2D eigenvalue weighted by Gasteiger charge is -2.07. The van der Waals surface area contributed by atoms with Crippen LogP contribution in [0.5, 0.6) is 5.75 Å². The van der Waals surface area contributed by atoms with Crippen LogP contribution in [0.4, 0.5) is 5.69 Å². The monoisotopic (exact) mass is 247 g/mol. The maximum absolute atomic E-state index is 11.6. The Balaban J connectivity index is 2.46. The van der Waals surface area contributed by atoms with Crippen molar-refractivity contribution >= 4 is 11.6 Å². The van der Waals surface area contributed by atoms with E-state index in [-0.39, 0.29) is 12.5 Å². The van der Waals surface area contributed by atoms with Gasteiger partial charge < -0.3 is 15.4 Å². The number of anilines is 1. The number of ether oxygens (including phenoxy) is 1. The summed E-state index contributed by atoms with van der Waals surface area (Å²) in [6.45, 7) is 0.818. The molecule has 0 unspecified atom stereocenters. The van der Waals surface area contributed by atoms with Crippen molar-refractivity contribution in [3.63, 3.8) is 0 Å². The summed E-state index contributed by atoms with van der Waals surface area (Å²) in [5.41, 5.74) is 0.680. The highest BCUT2D eigenvalue weighted by Crippen LogP contribution is 2.17. The molecule has 5 heteroatoms. The zero-order chi connectivity index (χ0) is 13.2. The molecule has 5 nitrogen and oxygen atoms in total. The lowest BCUT2D eigenvalue weighted by molar-refractivity contribution is -0.116. The second-order valence-electron chi connectivity index (χ2n) is 3.73. The molecule has 96 valence electrons. The normalized spacial score (nSPS) is 9.56. The van der Waals surface area contributed by atoms with Crippen LogP contribution in [0.3, 0.4) is 0 Å². The van der Waals surface area contributed by atoms with E-state index in [0.29, 0.717) is 17.9 Å². The van der Waals surface area contributed by atoms with E-state index >= 15 is 0 Å². The number of benzene rings is 1. The lowest BCUT2D eigenvalue weighted by Crippen LogP contribution is -2.15. The van der Waals surface area contributed by atoms with E-state index in [1.807, 2.05) is 13.1 Å². The van der Waals surface area contributed by atoms with Crippen LogP contribution in [0.1, 0.15) is 12.8 Å². The molecule has 0 fully saturated rings. The fraction of sp³-hybridized carbons (Fsp3) is 0.385. The van der Waals surface area contributed by atoms with Crippen LogP contribution in [0.25, 0.3) is 0 Å². The molecule has 0 atom stereocenters. The summed E-state index contributed by atoms with van der Waals surface area (Å²) in [6.07, 6.45) is 1.27. The van der Waals surface area contributed by atoms with Crippen LogP contribution in [0, 0.1) is 11.3 Å². The molecule has 0 aliphatic rings. The zero-order valence-corrected chi connectivity index (χ0v) is 10.4. The third kappa shape index (κ3) is 5.32. The van der Waals surface area contributed by atoms with Crippen LogP contribution in [-0.2, 0) is 4.79 Å². The Kier molecular flexibility index (Phi) is 6.30. The Morgan fingerprint density at radius 2 is 2.33 bits per heavy atom. The summed E-state index contributed by atoms with van der Waals surface area (Å²) in [5.74, 6) is 0.548. The average Bonchev–Trinajstić information content (AvgIpc) is 2.37. The van der Waals surface area contributed by atoms with Gasteiger partial charge in [0.05, 0.1) is 0 Å². The average molecular weight is 247 g/mol. The van der Waals surface area contributed by atoms with Gasteiger partial charge in [-0.1, -0.05) is 6.07 Å². The summed E-state index contributed by atoms with van der Waals surface area (Å²) in [7, 11) is 1.86. The van der Waals surface area contributed by atoms with E-state index in [9.17, 15) is 4.79 Å². The molecular formula is C13H17N3O2. The first kappa shape index (κ1) is 14.0. The van der Waals surface area contributed by atoms with Crippen LogP contribution < -0.4 is 15.4 Å². The number of nitrogens with one attached hydrogen (secondary N) is 2. The van der Waals surface area contributed by atoms with Crippen molar-refractivity contribution in [1.29, 1.82) is 5.26 Å². The van der Waals surface area contributed by atoms with Gasteiger partial charge in [-0.2, -0.15) is 5.26 Å². The summed E-state index contributed by atoms with van der Waals surface area (Å²) in [4.78, 5) is 11.6. The number of nitriles is 1. The van der Waals surface area contributed by atoms with Gasteiger partial charge in [-0.25, -0.2) is 0 Å². The first-order valence-electron chi connectivity index (χ1n) is 5.80. The molecule has 0 bridgehead atoms. The highest BCUT2D eigenvalue weighted by atomic mass is 16.5. The van der Waals surface area contributed by atoms with Gasteiger partial charge in [0.25, 0.3) is 0 Å². The first-order chi connectivity index (χ1) is 8.76. The van der Waals surface area contributed by atoms with Crippen molar-refractivity contribution in [2.75, 3.05) is 25.5 Å². The third-order valence-electron chi connectivity index (χ3n) is 2.25. The topological polar surface area (TPSA) is 74.2 Å². The molecule has 0 aliphatic heterocycles. The smallest absolute Gasteiger partial charge is 0.224 e. The van der Waals surface area contributed by atoms with Gasteiger partial charge in [-0.15, -0.1) is 0 Å². The number of nitrogens with zero attached hydrogens (tertiary/aromatic N) is 1. The van der Waals surface area contributed by atoms with Crippen LogP contribution in [-0.4, -0.2) is 26.1 Å². The van der Waals surface area contributed by atoms with Crippen molar-refractivity contribution in [3.05, 3.63) is 24.3 Å². The predicted octanol–water partition coefficient (Wildman–Crippen LogP) is 1.53. The number of hydrogen-bond acceptors (Lipinski definition) is 4. The summed E-state index contributed by atoms with van der Waals surface area (Å²) in [5, 5.41) is 14.2. The van der Waals surface area contributed by atoms with Gasteiger partial charge in [0.15, 0.2) is 6.61 Å². The summed E-state index contributed by atoms with van der Waals surface area (Å²) < 4.78 is 5.15. The quantitative estimate of drug-likeness (QED) is 0.716. The Labute approximate surface area is 107 Å². The number of amides is 1. The van der Waals surface area contributed by atoms with Gasteiger partial charge in [-0.3, -0.25) is 4.79 Å². The van der Waals surface area contributed by atoms with Gasteiger partial charge in [0.1, 0.15) is 11.8 Å². The van der Waals surface area contributed by atoms with Crippen molar-refractivity contribution < 1.29 is 9.53 Å². The second kappa shape index (κ2) is 8.09. The minimum Gasteiger partial charge on any atom is -0.479 e. The summed E-state index contributed by atoms with van der Waals surface area (Å²) in [6, 6.07) is 8.90. The Morgan fingerprint density at radius 3 is 3.06 bits per heavy atom. The third-order valence-corrected chi connectivity index (χ3v) is 2.25. The molecule has 2 N–H and O–H groups in total. The highest BCUT2D eigenvalue weighted by molar-refractivity contribution is 5.90. The molecule has 0 saturated heterocycles. The summed E-state index contributed by atoms with van der Waals surface area (Å²) >= 11 is 0. The van der Waals surface area contributed by atoms with Crippen molar-refractivity contribution in [3.8, 4) is 11.8 Å². The minimum absolute atomic E-state index is 0.000427. The zero-order valence-electron chi connectivity index (χ0n) is 10.4. The Hall–Kier alpha value is -2.06. The van der Waals surface area contributed by atoms with E-state index in [1.54, 1.807) is 24.3 Å². The lowest BCUT2D eigenvalue weighted by atomic mass is 10.2. The van der Waals surface area contributed by atoms with E-state index in [1.165, 1.54) is 0 Å². The number of carbonyl (C=O) groups is 1. The van der Waals surface area contributed by atoms with E-state index in [2.05, 4.69) is 10.6 Å². The molecule has 0 heterocycles. The van der Waals surface area contributed by atoms with Gasteiger partial charge in [0.2, 0.25) is 5.91 Å². The maximum atomic E-state index is 11.6. The molecular weight excluding hydrogens is 230 g/mol.